The molecule has 0 aliphatic carbocycles. The number of hydrogen-bond acceptors (Lipinski definition) is 4. The molecule has 0 aromatic carbocycles. The SMILES string of the molecule is COc1ccc(CNC2CCOCC2)s1. The molecule has 1 aliphatic rings. The summed E-state index contributed by atoms with van der Waals surface area (Å²) in [6.07, 6.45) is 2.25. The van der Waals surface area contributed by atoms with Crippen molar-refractivity contribution < 1.29 is 9.47 Å². The van der Waals surface area contributed by atoms with Crippen molar-refractivity contribution in [1.29, 1.82) is 0 Å². The van der Waals surface area contributed by atoms with Crippen LogP contribution in [0.1, 0.15) is 17.7 Å². The molecule has 0 radical (unpaired) electrons. The minimum atomic E-state index is 0.617. The Balaban J connectivity index is 1.76. The summed E-state index contributed by atoms with van der Waals surface area (Å²) in [6.45, 7) is 2.73. The van der Waals surface area contributed by atoms with Crippen LogP contribution < -0.4 is 10.1 Å². The van der Waals surface area contributed by atoms with E-state index >= 15 is 0 Å². The largest absolute Gasteiger partial charge is 0.487 e. The van der Waals surface area contributed by atoms with Gasteiger partial charge in [0.2, 0.25) is 0 Å². The molecule has 4 heteroatoms. The van der Waals surface area contributed by atoms with Crippen LogP contribution in [0.3, 0.4) is 0 Å². The number of ether oxygens (including phenoxy) is 2. The van der Waals surface area contributed by atoms with Crippen molar-refractivity contribution in [2.45, 2.75) is 25.4 Å². The Morgan fingerprint density at radius 3 is 2.93 bits per heavy atom. The lowest BCUT2D eigenvalue weighted by atomic mass is 10.1. The second-order valence-corrected chi connectivity index (χ2v) is 4.82. The summed E-state index contributed by atoms with van der Waals surface area (Å²) in [5.74, 6) is 0. The van der Waals surface area contributed by atoms with Gasteiger partial charge in [-0.25, -0.2) is 0 Å². The van der Waals surface area contributed by atoms with Gasteiger partial charge in [-0.05, 0) is 25.0 Å². The molecule has 1 aliphatic heterocycles. The molecule has 15 heavy (non-hydrogen) atoms. The van der Waals surface area contributed by atoms with Gasteiger partial charge in [-0.1, -0.05) is 0 Å². The van der Waals surface area contributed by atoms with Gasteiger partial charge in [0.25, 0.3) is 0 Å². The molecule has 0 bridgehead atoms. The molecule has 2 rings (SSSR count). The van der Waals surface area contributed by atoms with Gasteiger partial charge in [0.15, 0.2) is 5.06 Å². The fraction of sp³-hybridized carbons (Fsp3) is 0.636. The van der Waals surface area contributed by atoms with Crippen LogP contribution in [-0.4, -0.2) is 26.4 Å². The fourth-order valence-electron chi connectivity index (χ4n) is 1.71. The van der Waals surface area contributed by atoms with Crippen LogP contribution in [-0.2, 0) is 11.3 Å². The van der Waals surface area contributed by atoms with E-state index in [1.165, 1.54) is 4.88 Å². The van der Waals surface area contributed by atoms with E-state index in [0.29, 0.717) is 6.04 Å². The van der Waals surface area contributed by atoms with Crippen LogP contribution in [0.25, 0.3) is 0 Å². The second kappa shape index (κ2) is 5.49. The predicted octanol–water partition coefficient (Wildman–Crippen LogP) is 2.03. The molecule has 0 spiro atoms. The monoisotopic (exact) mass is 227 g/mol. The van der Waals surface area contributed by atoms with Crippen molar-refractivity contribution in [3.8, 4) is 5.06 Å². The summed E-state index contributed by atoms with van der Waals surface area (Å²) < 4.78 is 10.5. The Hall–Kier alpha value is -0.580. The van der Waals surface area contributed by atoms with Crippen LogP contribution >= 0.6 is 11.3 Å². The zero-order valence-electron chi connectivity index (χ0n) is 8.99. The summed E-state index contributed by atoms with van der Waals surface area (Å²) >= 11 is 1.71. The van der Waals surface area contributed by atoms with Crippen LogP contribution in [0.4, 0.5) is 0 Å². The first-order valence-electron chi connectivity index (χ1n) is 5.32. The molecule has 0 saturated carbocycles. The van der Waals surface area contributed by atoms with Crippen molar-refractivity contribution in [2.24, 2.45) is 0 Å². The van der Waals surface area contributed by atoms with E-state index in [0.717, 1.165) is 37.7 Å². The minimum absolute atomic E-state index is 0.617. The average molecular weight is 227 g/mol. The van der Waals surface area contributed by atoms with Crippen LogP contribution in [0.2, 0.25) is 0 Å². The quantitative estimate of drug-likeness (QED) is 0.853. The lowest BCUT2D eigenvalue weighted by Crippen LogP contribution is -2.34. The van der Waals surface area contributed by atoms with Crippen molar-refractivity contribution in [1.82, 2.24) is 5.32 Å². The molecular formula is C11H17NO2S. The number of hydrogen-bond donors (Lipinski definition) is 1. The lowest BCUT2D eigenvalue weighted by molar-refractivity contribution is 0.0777. The van der Waals surface area contributed by atoms with Crippen LogP contribution in [0, 0.1) is 0 Å². The predicted molar refractivity (Wildman–Crippen MR) is 61.6 cm³/mol. The molecule has 84 valence electrons. The van der Waals surface area contributed by atoms with Crippen molar-refractivity contribution in [3.05, 3.63) is 17.0 Å². The molecule has 1 aromatic heterocycles. The standard InChI is InChI=1S/C11H17NO2S/c1-13-11-3-2-10(15-11)8-12-9-4-6-14-7-5-9/h2-3,9,12H,4-8H2,1H3. The van der Waals surface area contributed by atoms with E-state index in [9.17, 15) is 0 Å². The minimum Gasteiger partial charge on any atom is -0.487 e. The average Bonchev–Trinajstić information content (AvgIpc) is 2.76. The number of nitrogens with one attached hydrogen (secondary N) is 1. The third-order valence-electron chi connectivity index (χ3n) is 2.62. The van der Waals surface area contributed by atoms with Gasteiger partial charge in [-0.3, -0.25) is 0 Å². The first-order chi connectivity index (χ1) is 7.38. The van der Waals surface area contributed by atoms with Gasteiger partial charge in [0.05, 0.1) is 7.11 Å². The molecule has 2 heterocycles. The summed E-state index contributed by atoms with van der Waals surface area (Å²) in [4.78, 5) is 1.33. The Kier molecular flexibility index (Phi) is 4.00. The highest BCUT2D eigenvalue weighted by Crippen LogP contribution is 2.23. The topological polar surface area (TPSA) is 30.5 Å². The van der Waals surface area contributed by atoms with Gasteiger partial charge >= 0.3 is 0 Å². The van der Waals surface area contributed by atoms with E-state index < -0.39 is 0 Å². The van der Waals surface area contributed by atoms with E-state index in [1.807, 2.05) is 6.07 Å². The van der Waals surface area contributed by atoms with Crippen molar-refractivity contribution >= 4 is 11.3 Å². The van der Waals surface area contributed by atoms with Crippen LogP contribution in [0.5, 0.6) is 5.06 Å². The zero-order valence-corrected chi connectivity index (χ0v) is 9.81. The van der Waals surface area contributed by atoms with Crippen molar-refractivity contribution in [3.63, 3.8) is 0 Å². The first kappa shape index (κ1) is 10.9. The first-order valence-corrected chi connectivity index (χ1v) is 6.14. The van der Waals surface area contributed by atoms with E-state index in [2.05, 4.69) is 11.4 Å². The Labute approximate surface area is 94.4 Å². The lowest BCUT2D eigenvalue weighted by Gasteiger charge is -2.22. The summed E-state index contributed by atoms with van der Waals surface area (Å²) in [5, 5.41) is 4.54. The van der Waals surface area contributed by atoms with Gasteiger partial charge in [0, 0.05) is 30.7 Å². The smallest absolute Gasteiger partial charge is 0.173 e. The van der Waals surface area contributed by atoms with E-state index in [4.69, 9.17) is 9.47 Å². The molecule has 3 nitrogen and oxygen atoms in total. The highest BCUT2D eigenvalue weighted by atomic mass is 32.1. The Morgan fingerprint density at radius 1 is 1.47 bits per heavy atom. The molecular weight excluding hydrogens is 210 g/mol. The fourth-order valence-corrected chi connectivity index (χ4v) is 2.48. The third kappa shape index (κ3) is 3.19. The van der Waals surface area contributed by atoms with Crippen LogP contribution in [0.15, 0.2) is 12.1 Å². The van der Waals surface area contributed by atoms with Gasteiger partial charge in [-0.15, -0.1) is 11.3 Å². The highest BCUT2D eigenvalue weighted by molar-refractivity contribution is 7.13. The second-order valence-electron chi connectivity index (χ2n) is 3.69. The maximum atomic E-state index is 5.32. The molecule has 1 saturated heterocycles. The number of methoxy groups -OCH3 is 1. The molecule has 1 fully saturated rings. The van der Waals surface area contributed by atoms with Gasteiger partial charge in [-0.2, -0.15) is 0 Å². The summed E-state index contributed by atoms with van der Waals surface area (Å²) in [6, 6.07) is 4.76. The van der Waals surface area contributed by atoms with Gasteiger partial charge in [0.1, 0.15) is 0 Å². The molecule has 1 N–H and O–H groups in total. The van der Waals surface area contributed by atoms with Gasteiger partial charge < -0.3 is 14.8 Å². The van der Waals surface area contributed by atoms with Crippen molar-refractivity contribution in [2.75, 3.05) is 20.3 Å². The molecule has 1 aromatic rings. The maximum absolute atomic E-state index is 5.32. The molecule has 0 amide bonds. The Bertz CT molecular complexity index is 295. The molecule has 0 unspecified atom stereocenters. The third-order valence-corrected chi connectivity index (χ3v) is 3.67. The number of rotatable bonds is 4. The van der Waals surface area contributed by atoms with E-state index in [1.54, 1.807) is 18.4 Å². The van der Waals surface area contributed by atoms with E-state index in [-0.39, 0.29) is 0 Å². The normalized spacial score (nSPS) is 17.9. The zero-order chi connectivity index (χ0) is 10.5. The number of thiophene rings is 1. The summed E-state index contributed by atoms with van der Waals surface area (Å²) in [5.41, 5.74) is 0. The maximum Gasteiger partial charge on any atom is 0.173 e. The summed E-state index contributed by atoms with van der Waals surface area (Å²) in [7, 11) is 1.71. The molecule has 0 atom stereocenters. The Morgan fingerprint density at radius 2 is 2.27 bits per heavy atom. The highest BCUT2D eigenvalue weighted by Gasteiger charge is 2.12.